The minimum atomic E-state index is -2.20. The maximum absolute atomic E-state index is 12.6. The van der Waals surface area contributed by atoms with Crippen LogP contribution in [0.4, 0.5) is 0 Å². The molecule has 162 valence electrons. The first-order valence-electron chi connectivity index (χ1n) is 10.3. The number of fused-ring (bicyclic) bond motifs is 1. The van der Waals surface area contributed by atoms with Crippen molar-refractivity contribution < 1.29 is 23.8 Å². The van der Waals surface area contributed by atoms with E-state index in [1.165, 1.54) is 5.57 Å². The standard InChI is InChI=1S/C23H36O5Si/c1-15(10-9-13-24)11-12-17-20(26-6)16(2)18-14-27-22(25)19(18)21(17)28-29(7,8)23(3,4)5/h11,24H,9-10,12-14H2,1-8H3/b15-11+. The van der Waals surface area contributed by atoms with Gasteiger partial charge in [-0.1, -0.05) is 32.4 Å². The Kier molecular flexibility index (Phi) is 7.22. The van der Waals surface area contributed by atoms with Gasteiger partial charge in [-0.05, 0) is 56.8 Å². The topological polar surface area (TPSA) is 65.0 Å². The molecule has 1 heterocycles. The van der Waals surface area contributed by atoms with Gasteiger partial charge in [-0.3, -0.25) is 0 Å². The highest BCUT2D eigenvalue weighted by molar-refractivity contribution is 6.74. The van der Waals surface area contributed by atoms with E-state index >= 15 is 0 Å². The lowest BCUT2D eigenvalue weighted by atomic mass is 9.94. The summed E-state index contributed by atoms with van der Waals surface area (Å²) in [4.78, 5) is 12.6. The summed E-state index contributed by atoms with van der Waals surface area (Å²) in [7, 11) is -0.536. The van der Waals surface area contributed by atoms with Gasteiger partial charge in [0.1, 0.15) is 23.7 Å². The lowest BCUT2D eigenvalue weighted by molar-refractivity contribution is 0.0533. The summed E-state index contributed by atoms with van der Waals surface area (Å²) in [6, 6.07) is 0. The number of esters is 1. The predicted octanol–water partition coefficient (Wildman–Crippen LogP) is 5.32. The van der Waals surface area contributed by atoms with E-state index in [1.54, 1.807) is 7.11 Å². The van der Waals surface area contributed by atoms with Gasteiger partial charge in [0.05, 0.1) is 7.11 Å². The van der Waals surface area contributed by atoms with Gasteiger partial charge < -0.3 is 19.0 Å². The van der Waals surface area contributed by atoms with E-state index in [-0.39, 0.29) is 24.2 Å². The van der Waals surface area contributed by atoms with Gasteiger partial charge in [-0.15, -0.1) is 0 Å². The maximum atomic E-state index is 12.6. The van der Waals surface area contributed by atoms with Crippen molar-refractivity contribution in [3.63, 3.8) is 0 Å². The van der Waals surface area contributed by atoms with Crippen molar-refractivity contribution in [2.45, 2.75) is 78.6 Å². The van der Waals surface area contributed by atoms with Crippen LogP contribution in [0.5, 0.6) is 11.5 Å². The molecule has 0 bridgehead atoms. The number of aliphatic hydroxyl groups excluding tert-OH is 1. The van der Waals surface area contributed by atoms with E-state index < -0.39 is 8.32 Å². The molecule has 0 fully saturated rings. The Bertz CT molecular complexity index is 803. The number of carbonyl (C=O) groups is 1. The van der Waals surface area contributed by atoms with E-state index in [0.717, 1.165) is 35.3 Å². The Balaban J connectivity index is 2.65. The van der Waals surface area contributed by atoms with Crippen LogP contribution in [0.15, 0.2) is 11.6 Å². The first-order chi connectivity index (χ1) is 13.4. The second kappa shape index (κ2) is 8.92. The minimum Gasteiger partial charge on any atom is -0.543 e. The lowest BCUT2D eigenvalue weighted by Crippen LogP contribution is -2.44. The summed E-state index contributed by atoms with van der Waals surface area (Å²) in [5, 5.41) is 9.08. The SMILES string of the molecule is COc1c(C)c2c(c(O[Si](C)(C)C(C)(C)C)c1C/C=C(\C)CCCO)C(=O)OC2. The highest BCUT2D eigenvalue weighted by Crippen LogP contribution is 2.46. The third kappa shape index (κ3) is 4.86. The Hall–Kier alpha value is -1.79. The van der Waals surface area contributed by atoms with Gasteiger partial charge in [0.15, 0.2) is 0 Å². The molecular weight excluding hydrogens is 384 g/mol. The van der Waals surface area contributed by atoms with Crippen molar-refractivity contribution in [3.8, 4) is 11.5 Å². The van der Waals surface area contributed by atoms with E-state index in [0.29, 0.717) is 17.7 Å². The van der Waals surface area contributed by atoms with Crippen molar-refractivity contribution >= 4 is 14.3 Å². The van der Waals surface area contributed by atoms with Crippen LogP contribution in [0, 0.1) is 6.92 Å². The monoisotopic (exact) mass is 420 g/mol. The summed E-state index contributed by atoms with van der Waals surface area (Å²) in [5.74, 6) is 1.08. The van der Waals surface area contributed by atoms with Crippen LogP contribution in [0.2, 0.25) is 18.1 Å². The van der Waals surface area contributed by atoms with Gasteiger partial charge in [0.2, 0.25) is 0 Å². The molecule has 0 spiro atoms. The first kappa shape index (κ1) is 23.5. The normalized spacial score (nSPS) is 14.7. The number of aliphatic hydroxyl groups is 1. The molecule has 29 heavy (non-hydrogen) atoms. The van der Waals surface area contributed by atoms with E-state index in [9.17, 15) is 4.79 Å². The molecule has 0 atom stereocenters. The Labute approximate surface area is 176 Å². The minimum absolute atomic E-state index is 0.00926. The van der Waals surface area contributed by atoms with Crippen molar-refractivity contribution in [3.05, 3.63) is 33.9 Å². The number of rotatable bonds is 8. The smallest absolute Gasteiger partial charge is 0.342 e. The molecule has 1 aromatic carbocycles. The summed E-state index contributed by atoms with van der Waals surface area (Å²) < 4.78 is 17.9. The highest BCUT2D eigenvalue weighted by Gasteiger charge is 2.42. The van der Waals surface area contributed by atoms with Crippen LogP contribution in [-0.2, 0) is 17.8 Å². The molecule has 1 aliphatic heterocycles. The number of hydrogen-bond acceptors (Lipinski definition) is 5. The van der Waals surface area contributed by atoms with Crippen LogP contribution in [0.25, 0.3) is 0 Å². The van der Waals surface area contributed by atoms with Crippen LogP contribution in [-0.4, -0.2) is 33.1 Å². The zero-order valence-corrected chi connectivity index (χ0v) is 20.2. The van der Waals surface area contributed by atoms with Crippen LogP contribution in [0.1, 0.15) is 67.6 Å². The van der Waals surface area contributed by atoms with Gasteiger partial charge in [0, 0.05) is 17.7 Å². The second-order valence-corrected chi connectivity index (χ2v) is 14.1. The molecule has 6 heteroatoms. The molecule has 0 unspecified atom stereocenters. The Morgan fingerprint density at radius 2 is 1.93 bits per heavy atom. The maximum Gasteiger partial charge on any atom is 0.342 e. The number of methoxy groups -OCH3 is 1. The summed E-state index contributed by atoms with van der Waals surface area (Å²) in [5.41, 5.74) is 4.46. The molecule has 0 saturated carbocycles. The van der Waals surface area contributed by atoms with Crippen molar-refractivity contribution in [1.82, 2.24) is 0 Å². The molecule has 2 rings (SSSR count). The highest BCUT2D eigenvalue weighted by atomic mass is 28.4. The molecule has 1 aliphatic rings. The first-order valence-corrected chi connectivity index (χ1v) is 13.2. The molecule has 5 nitrogen and oxygen atoms in total. The van der Waals surface area contributed by atoms with Gasteiger partial charge in [0.25, 0.3) is 8.32 Å². The average Bonchev–Trinajstić information content (AvgIpc) is 3.01. The van der Waals surface area contributed by atoms with Gasteiger partial charge in [-0.25, -0.2) is 4.79 Å². The lowest BCUT2D eigenvalue weighted by Gasteiger charge is -2.37. The molecule has 1 aromatic rings. The van der Waals surface area contributed by atoms with Gasteiger partial charge in [-0.2, -0.15) is 0 Å². The van der Waals surface area contributed by atoms with E-state index in [1.807, 2.05) is 6.92 Å². The van der Waals surface area contributed by atoms with Crippen molar-refractivity contribution in [2.75, 3.05) is 13.7 Å². The van der Waals surface area contributed by atoms with Crippen LogP contribution >= 0.6 is 0 Å². The van der Waals surface area contributed by atoms with Crippen molar-refractivity contribution in [1.29, 1.82) is 0 Å². The number of cyclic esters (lactones) is 1. The van der Waals surface area contributed by atoms with Crippen LogP contribution in [0.3, 0.4) is 0 Å². The Morgan fingerprint density at radius 3 is 2.48 bits per heavy atom. The fourth-order valence-corrected chi connectivity index (χ4v) is 4.31. The predicted molar refractivity (Wildman–Crippen MR) is 118 cm³/mol. The zero-order valence-electron chi connectivity index (χ0n) is 19.2. The number of ether oxygens (including phenoxy) is 2. The average molecular weight is 421 g/mol. The number of allylic oxidation sites excluding steroid dienone is 2. The zero-order chi connectivity index (χ0) is 22.0. The third-order valence-corrected chi connectivity index (χ3v) is 10.5. The molecular formula is C23H36O5Si. The number of hydrogen-bond donors (Lipinski definition) is 1. The molecule has 0 radical (unpaired) electrons. The van der Waals surface area contributed by atoms with Crippen molar-refractivity contribution in [2.24, 2.45) is 0 Å². The summed E-state index contributed by atoms with van der Waals surface area (Å²) >= 11 is 0. The van der Waals surface area contributed by atoms with E-state index in [4.69, 9.17) is 19.0 Å². The summed E-state index contributed by atoms with van der Waals surface area (Å²) in [6.45, 7) is 15.4. The van der Waals surface area contributed by atoms with Crippen LogP contribution < -0.4 is 9.16 Å². The molecule has 0 amide bonds. The molecule has 0 aromatic heterocycles. The molecule has 0 aliphatic carbocycles. The number of benzene rings is 1. The fraction of sp³-hybridized carbons (Fsp3) is 0.609. The number of carbonyl (C=O) groups excluding carboxylic acids is 1. The van der Waals surface area contributed by atoms with Gasteiger partial charge >= 0.3 is 5.97 Å². The second-order valence-electron chi connectivity index (χ2n) is 9.34. The fourth-order valence-electron chi connectivity index (χ4n) is 3.27. The third-order valence-electron chi connectivity index (χ3n) is 6.17. The summed E-state index contributed by atoms with van der Waals surface area (Å²) in [6.07, 6.45) is 4.31. The Morgan fingerprint density at radius 1 is 1.28 bits per heavy atom. The largest absolute Gasteiger partial charge is 0.543 e. The quantitative estimate of drug-likeness (QED) is 0.350. The van der Waals surface area contributed by atoms with E-state index in [2.05, 4.69) is 46.9 Å². The molecule has 1 N–H and O–H groups in total. The molecule has 0 saturated heterocycles.